The van der Waals surface area contributed by atoms with E-state index in [1.54, 1.807) is 20.5 Å². The summed E-state index contributed by atoms with van der Waals surface area (Å²) in [5.74, 6) is 1.38. The Hall–Kier alpha value is -2.47. The number of ether oxygens (including phenoxy) is 2. The number of nitrogens with zero attached hydrogens (tertiary/aromatic N) is 2. The highest BCUT2D eigenvalue weighted by atomic mass is 16.5. The van der Waals surface area contributed by atoms with Crippen LogP contribution in [-0.4, -0.2) is 51.3 Å². The number of hydrogen-bond acceptors (Lipinski definition) is 5. The largest absolute Gasteiger partial charge is 0.493 e. The third-order valence-electron chi connectivity index (χ3n) is 3.98. The third-order valence-corrected chi connectivity index (χ3v) is 3.98. The van der Waals surface area contributed by atoms with Crippen molar-refractivity contribution in [2.45, 2.75) is 6.42 Å². The van der Waals surface area contributed by atoms with Gasteiger partial charge in [0, 0.05) is 18.0 Å². The van der Waals surface area contributed by atoms with Gasteiger partial charge in [-0.1, -0.05) is 0 Å². The van der Waals surface area contributed by atoms with Crippen LogP contribution in [0.1, 0.15) is 6.42 Å². The van der Waals surface area contributed by atoms with Crippen LogP contribution in [0, 0.1) is 0 Å². The molecular formula is C18H23N3O3. The summed E-state index contributed by atoms with van der Waals surface area (Å²) in [6.07, 6.45) is 2.65. The lowest BCUT2D eigenvalue weighted by molar-refractivity contribution is 0.356. The maximum atomic E-state index is 5.67. The summed E-state index contributed by atoms with van der Waals surface area (Å²) in [5, 5.41) is 1.98. The van der Waals surface area contributed by atoms with E-state index in [9.17, 15) is 0 Å². The first-order valence-electron chi connectivity index (χ1n) is 7.94. The number of benzene rings is 1. The zero-order valence-electron chi connectivity index (χ0n) is 14.5. The van der Waals surface area contributed by atoms with Crippen LogP contribution in [0.5, 0.6) is 11.5 Å². The van der Waals surface area contributed by atoms with E-state index < -0.39 is 0 Å². The molecule has 1 N–H and O–H groups in total. The Morgan fingerprint density at radius 2 is 1.88 bits per heavy atom. The van der Waals surface area contributed by atoms with E-state index in [-0.39, 0.29) is 0 Å². The molecule has 1 aromatic carbocycles. The molecular weight excluding hydrogens is 306 g/mol. The standard InChI is InChI=1S/C18H23N3O3/c1-21(2)8-5-7-19-18-17-12-10-15(22-3)16(23-4)11-14(12)20-13(17)6-9-24-18/h6,9-11,20H,5,7-8H2,1-4H3. The molecule has 6 heteroatoms. The number of aromatic nitrogens is 1. The molecule has 2 aromatic heterocycles. The van der Waals surface area contributed by atoms with Crippen LogP contribution < -0.4 is 15.0 Å². The van der Waals surface area contributed by atoms with Gasteiger partial charge in [-0.2, -0.15) is 0 Å². The molecule has 3 aromatic rings. The minimum atomic E-state index is 0.643. The maximum absolute atomic E-state index is 5.67. The molecule has 0 aliphatic rings. The average Bonchev–Trinajstić information content (AvgIpc) is 2.95. The van der Waals surface area contributed by atoms with E-state index in [2.05, 4.69) is 29.0 Å². The third kappa shape index (κ3) is 3.10. The number of H-pyrrole nitrogens is 1. The van der Waals surface area contributed by atoms with Gasteiger partial charge in [-0.25, -0.2) is 0 Å². The van der Waals surface area contributed by atoms with Crippen molar-refractivity contribution < 1.29 is 13.9 Å². The molecule has 0 unspecified atom stereocenters. The van der Waals surface area contributed by atoms with Crippen molar-refractivity contribution in [3.8, 4) is 11.5 Å². The van der Waals surface area contributed by atoms with Gasteiger partial charge in [-0.05, 0) is 39.2 Å². The first-order valence-corrected chi connectivity index (χ1v) is 7.94. The van der Waals surface area contributed by atoms with Crippen LogP contribution >= 0.6 is 0 Å². The fourth-order valence-electron chi connectivity index (χ4n) is 2.81. The van der Waals surface area contributed by atoms with E-state index in [4.69, 9.17) is 13.9 Å². The van der Waals surface area contributed by atoms with Gasteiger partial charge in [0.25, 0.3) is 0 Å². The zero-order valence-corrected chi connectivity index (χ0v) is 14.5. The highest BCUT2D eigenvalue weighted by Gasteiger charge is 2.12. The fraction of sp³-hybridized carbons (Fsp3) is 0.389. The van der Waals surface area contributed by atoms with Crippen molar-refractivity contribution in [1.82, 2.24) is 9.88 Å². The predicted molar refractivity (Wildman–Crippen MR) is 94.8 cm³/mol. The predicted octanol–water partition coefficient (Wildman–Crippen LogP) is 2.78. The summed E-state index contributed by atoms with van der Waals surface area (Å²) in [5.41, 5.74) is 2.59. The molecule has 0 radical (unpaired) electrons. The van der Waals surface area contributed by atoms with Gasteiger partial charge in [0.15, 0.2) is 11.5 Å². The van der Waals surface area contributed by atoms with E-state index in [1.165, 1.54) is 0 Å². The SMILES string of the molecule is COc1cc2[nH]c3ccoc(=NCCCN(C)C)c3c2cc1OC. The first-order chi connectivity index (χ1) is 11.6. The van der Waals surface area contributed by atoms with Gasteiger partial charge >= 0.3 is 0 Å². The van der Waals surface area contributed by atoms with Gasteiger partial charge in [0.2, 0.25) is 5.55 Å². The summed E-state index contributed by atoms with van der Waals surface area (Å²) in [6, 6.07) is 5.80. The topological polar surface area (TPSA) is 63.0 Å². The van der Waals surface area contributed by atoms with Crippen LogP contribution in [0.15, 0.2) is 33.9 Å². The van der Waals surface area contributed by atoms with Crippen molar-refractivity contribution in [2.24, 2.45) is 4.99 Å². The van der Waals surface area contributed by atoms with E-state index in [0.717, 1.165) is 41.3 Å². The van der Waals surface area contributed by atoms with Gasteiger partial charge in [-0.3, -0.25) is 4.99 Å². The quantitative estimate of drug-likeness (QED) is 0.706. The van der Waals surface area contributed by atoms with Gasteiger partial charge in [0.1, 0.15) is 0 Å². The molecule has 0 saturated heterocycles. The lowest BCUT2D eigenvalue weighted by Gasteiger charge is -2.07. The Morgan fingerprint density at radius 3 is 2.58 bits per heavy atom. The number of aromatic amines is 1. The smallest absolute Gasteiger partial charge is 0.223 e. The van der Waals surface area contributed by atoms with Crippen molar-refractivity contribution in [3.63, 3.8) is 0 Å². The second-order valence-electron chi connectivity index (χ2n) is 5.93. The summed E-state index contributed by atoms with van der Waals surface area (Å²) >= 11 is 0. The average molecular weight is 329 g/mol. The van der Waals surface area contributed by atoms with Gasteiger partial charge < -0.3 is 23.8 Å². The van der Waals surface area contributed by atoms with Gasteiger partial charge in [0.05, 0.1) is 36.9 Å². The zero-order chi connectivity index (χ0) is 17.1. The molecule has 0 fully saturated rings. The number of hydrogen-bond donors (Lipinski definition) is 1. The summed E-state index contributed by atoms with van der Waals surface area (Å²) in [7, 11) is 7.39. The Balaban J connectivity index is 2.12. The highest BCUT2D eigenvalue weighted by molar-refractivity contribution is 6.07. The van der Waals surface area contributed by atoms with Crippen molar-refractivity contribution in [2.75, 3.05) is 41.4 Å². The number of rotatable bonds is 6. The van der Waals surface area contributed by atoms with Crippen molar-refractivity contribution >= 4 is 21.8 Å². The van der Waals surface area contributed by atoms with Crippen LogP contribution in [-0.2, 0) is 0 Å². The Bertz CT molecular complexity index is 909. The minimum Gasteiger partial charge on any atom is -0.493 e. The lowest BCUT2D eigenvalue weighted by Crippen LogP contribution is -2.14. The second-order valence-corrected chi connectivity index (χ2v) is 5.93. The van der Waals surface area contributed by atoms with Crippen LogP contribution in [0.3, 0.4) is 0 Å². The molecule has 0 spiro atoms. The Morgan fingerprint density at radius 1 is 1.12 bits per heavy atom. The normalized spacial score (nSPS) is 12.5. The van der Waals surface area contributed by atoms with Gasteiger partial charge in [-0.15, -0.1) is 0 Å². The monoisotopic (exact) mass is 329 g/mol. The molecule has 6 nitrogen and oxygen atoms in total. The highest BCUT2D eigenvalue weighted by Crippen LogP contribution is 2.34. The summed E-state index contributed by atoms with van der Waals surface area (Å²) in [4.78, 5) is 10.2. The number of nitrogens with one attached hydrogen (secondary N) is 1. The van der Waals surface area contributed by atoms with Crippen molar-refractivity contribution in [1.29, 1.82) is 0 Å². The summed E-state index contributed by atoms with van der Waals surface area (Å²) < 4.78 is 16.5. The molecule has 3 rings (SSSR count). The number of fused-ring (bicyclic) bond motifs is 3. The van der Waals surface area contributed by atoms with Crippen LogP contribution in [0.2, 0.25) is 0 Å². The van der Waals surface area contributed by atoms with E-state index in [1.807, 2.05) is 18.2 Å². The molecule has 0 aliphatic carbocycles. The Labute approximate surface area is 140 Å². The molecule has 0 amide bonds. The molecule has 2 heterocycles. The molecule has 24 heavy (non-hydrogen) atoms. The van der Waals surface area contributed by atoms with Crippen LogP contribution in [0.25, 0.3) is 21.8 Å². The maximum Gasteiger partial charge on any atom is 0.223 e. The van der Waals surface area contributed by atoms with Crippen molar-refractivity contribution in [3.05, 3.63) is 30.0 Å². The molecule has 0 atom stereocenters. The first kappa shape index (κ1) is 16.4. The molecule has 128 valence electrons. The van der Waals surface area contributed by atoms with Crippen LogP contribution in [0.4, 0.5) is 0 Å². The van der Waals surface area contributed by atoms with E-state index >= 15 is 0 Å². The minimum absolute atomic E-state index is 0.643. The molecule has 0 bridgehead atoms. The lowest BCUT2D eigenvalue weighted by atomic mass is 10.2. The Kier molecular flexibility index (Phi) is 4.76. The fourth-order valence-corrected chi connectivity index (χ4v) is 2.81. The summed E-state index contributed by atoms with van der Waals surface area (Å²) in [6.45, 7) is 1.72. The van der Waals surface area contributed by atoms with E-state index in [0.29, 0.717) is 17.1 Å². The number of methoxy groups -OCH3 is 2. The molecule has 0 aliphatic heterocycles. The molecule has 0 saturated carbocycles. The second kappa shape index (κ2) is 6.97.